The Balaban J connectivity index is 2.76. The molecule has 0 aliphatic rings. The number of rotatable bonds is 3. The number of carbonyl (C=O) groups excluding carboxylic acids is 2. The van der Waals surface area contributed by atoms with Crippen LogP contribution in [0.4, 0.5) is 0 Å². The van der Waals surface area contributed by atoms with Crippen LogP contribution in [0.1, 0.15) is 28.4 Å². The first-order valence-electron chi connectivity index (χ1n) is 5.41. The smallest absolute Gasteiger partial charge is 0.328 e. The second kappa shape index (κ2) is 5.48. The third-order valence-corrected chi connectivity index (χ3v) is 2.67. The average Bonchev–Trinajstić information content (AvgIpc) is 2.31. The summed E-state index contributed by atoms with van der Waals surface area (Å²) in [6.45, 7) is 5.51. The molecule has 4 nitrogen and oxygen atoms in total. The van der Waals surface area contributed by atoms with Gasteiger partial charge >= 0.3 is 5.97 Å². The van der Waals surface area contributed by atoms with Crippen molar-refractivity contribution in [1.82, 2.24) is 5.32 Å². The predicted octanol–water partition coefficient (Wildman–Crippen LogP) is 1.59. The lowest BCUT2D eigenvalue weighted by Crippen LogP contribution is -2.39. The van der Waals surface area contributed by atoms with E-state index >= 15 is 0 Å². The van der Waals surface area contributed by atoms with Crippen LogP contribution in [0.3, 0.4) is 0 Å². The molecule has 1 atom stereocenters. The third kappa shape index (κ3) is 3.31. The number of benzene rings is 1. The molecule has 0 aliphatic carbocycles. The van der Waals surface area contributed by atoms with E-state index in [9.17, 15) is 9.59 Å². The number of hydrogen-bond donors (Lipinski definition) is 1. The van der Waals surface area contributed by atoms with Crippen molar-refractivity contribution >= 4 is 11.9 Å². The van der Waals surface area contributed by atoms with Gasteiger partial charge < -0.3 is 10.1 Å². The van der Waals surface area contributed by atoms with Crippen molar-refractivity contribution in [3.63, 3.8) is 0 Å². The fraction of sp³-hybridized carbons (Fsp3) is 0.385. The summed E-state index contributed by atoms with van der Waals surface area (Å²) in [6.07, 6.45) is 0. The van der Waals surface area contributed by atoms with Gasteiger partial charge in [-0.25, -0.2) is 4.79 Å². The van der Waals surface area contributed by atoms with Crippen molar-refractivity contribution in [3.8, 4) is 0 Å². The lowest BCUT2D eigenvalue weighted by atomic mass is 10.1. The fourth-order valence-electron chi connectivity index (χ4n) is 1.40. The third-order valence-electron chi connectivity index (χ3n) is 2.67. The lowest BCUT2D eigenvalue weighted by molar-refractivity contribution is -0.142. The average molecular weight is 235 g/mol. The van der Waals surface area contributed by atoms with Gasteiger partial charge in [0.1, 0.15) is 6.04 Å². The number of amides is 1. The van der Waals surface area contributed by atoms with Crippen molar-refractivity contribution in [2.24, 2.45) is 0 Å². The van der Waals surface area contributed by atoms with Crippen LogP contribution < -0.4 is 5.32 Å². The van der Waals surface area contributed by atoms with Crippen LogP contribution in [0.15, 0.2) is 18.2 Å². The van der Waals surface area contributed by atoms with E-state index < -0.39 is 12.0 Å². The molecule has 0 aliphatic heterocycles. The first-order chi connectivity index (χ1) is 7.95. The number of aryl methyl sites for hydroxylation is 2. The van der Waals surface area contributed by atoms with E-state index in [0.29, 0.717) is 5.56 Å². The van der Waals surface area contributed by atoms with E-state index in [4.69, 9.17) is 0 Å². The van der Waals surface area contributed by atoms with Crippen LogP contribution in [0.25, 0.3) is 0 Å². The predicted molar refractivity (Wildman–Crippen MR) is 64.9 cm³/mol. The molecule has 1 N–H and O–H groups in total. The molecular weight excluding hydrogens is 218 g/mol. The second-order valence-corrected chi connectivity index (χ2v) is 4.02. The maximum atomic E-state index is 11.8. The molecule has 17 heavy (non-hydrogen) atoms. The Hall–Kier alpha value is -1.84. The minimum atomic E-state index is -0.644. The van der Waals surface area contributed by atoms with Gasteiger partial charge in [-0.05, 0) is 44.0 Å². The van der Waals surface area contributed by atoms with E-state index in [2.05, 4.69) is 10.1 Å². The van der Waals surface area contributed by atoms with Gasteiger partial charge in [0.05, 0.1) is 7.11 Å². The summed E-state index contributed by atoms with van der Waals surface area (Å²) in [7, 11) is 1.29. The molecule has 0 saturated heterocycles. The van der Waals surface area contributed by atoms with Gasteiger partial charge in [0.25, 0.3) is 5.91 Å². The first-order valence-corrected chi connectivity index (χ1v) is 5.41. The molecule has 0 heterocycles. The Kier molecular flexibility index (Phi) is 4.26. The minimum Gasteiger partial charge on any atom is -0.467 e. The topological polar surface area (TPSA) is 55.4 Å². The Morgan fingerprint density at radius 2 is 1.88 bits per heavy atom. The maximum absolute atomic E-state index is 11.8. The van der Waals surface area contributed by atoms with E-state index in [1.165, 1.54) is 7.11 Å². The summed E-state index contributed by atoms with van der Waals surface area (Å²) in [5.41, 5.74) is 2.72. The molecule has 1 amide bonds. The van der Waals surface area contributed by atoms with Gasteiger partial charge in [0, 0.05) is 5.56 Å². The van der Waals surface area contributed by atoms with Crippen LogP contribution in [-0.2, 0) is 9.53 Å². The SMILES string of the molecule is COC(=O)C(C)NC(=O)c1ccc(C)c(C)c1. The highest BCUT2D eigenvalue weighted by Crippen LogP contribution is 2.09. The first kappa shape index (κ1) is 13.2. The normalized spacial score (nSPS) is 11.8. The van der Waals surface area contributed by atoms with Crippen molar-refractivity contribution in [2.45, 2.75) is 26.8 Å². The molecule has 0 bridgehead atoms. The highest BCUT2D eigenvalue weighted by molar-refractivity contribution is 5.96. The number of carbonyl (C=O) groups is 2. The fourth-order valence-corrected chi connectivity index (χ4v) is 1.40. The van der Waals surface area contributed by atoms with Crippen molar-refractivity contribution in [2.75, 3.05) is 7.11 Å². The summed E-state index contributed by atoms with van der Waals surface area (Å²) >= 11 is 0. The molecule has 0 spiro atoms. The molecule has 0 saturated carbocycles. The molecule has 4 heteroatoms. The van der Waals surface area contributed by atoms with Gasteiger partial charge in [-0.2, -0.15) is 0 Å². The second-order valence-electron chi connectivity index (χ2n) is 4.02. The molecule has 0 radical (unpaired) electrons. The monoisotopic (exact) mass is 235 g/mol. The summed E-state index contributed by atoms with van der Waals surface area (Å²) in [6, 6.07) is 4.78. The Morgan fingerprint density at radius 1 is 1.24 bits per heavy atom. The quantitative estimate of drug-likeness (QED) is 0.809. The van der Waals surface area contributed by atoms with E-state index in [1.54, 1.807) is 19.1 Å². The number of nitrogens with one attached hydrogen (secondary N) is 1. The number of hydrogen-bond acceptors (Lipinski definition) is 3. The zero-order valence-corrected chi connectivity index (χ0v) is 10.5. The zero-order valence-electron chi connectivity index (χ0n) is 10.5. The van der Waals surface area contributed by atoms with Gasteiger partial charge in [0.2, 0.25) is 0 Å². The molecular formula is C13H17NO3. The summed E-state index contributed by atoms with van der Waals surface area (Å²) in [4.78, 5) is 23.0. The Morgan fingerprint density at radius 3 is 2.41 bits per heavy atom. The molecule has 1 rings (SSSR count). The van der Waals surface area contributed by atoms with Gasteiger partial charge in [-0.1, -0.05) is 6.07 Å². The standard InChI is InChI=1S/C13H17NO3/c1-8-5-6-11(7-9(8)2)12(15)14-10(3)13(16)17-4/h5-7,10H,1-4H3,(H,14,15). The number of esters is 1. The lowest BCUT2D eigenvalue weighted by Gasteiger charge is -2.12. The largest absolute Gasteiger partial charge is 0.467 e. The van der Waals surface area contributed by atoms with Crippen LogP contribution in [0.2, 0.25) is 0 Å². The van der Waals surface area contributed by atoms with E-state index in [0.717, 1.165) is 11.1 Å². The van der Waals surface area contributed by atoms with Crippen molar-refractivity contribution in [1.29, 1.82) is 0 Å². The van der Waals surface area contributed by atoms with E-state index in [1.807, 2.05) is 19.9 Å². The van der Waals surface area contributed by atoms with Crippen molar-refractivity contribution in [3.05, 3.63) is 34.9 Å². The molecule has 0 aromatic heterocycles. The number of methoxy groups -OCH3 is 1. The molecule has 92 valence electrons. The van der Waals surface area contributed by atoms with E-state index in [-0.39, 0.29) is 5.91 Å². The van der Waals surface area contributed by atoms with Crippen LogP contribution in [-0.4, -0.2) is 25.0 Å². The molecule has 1 aromatic carbocycles. The Labute approximate surface area is 101 Å². The minimum absolute atomic E-state index is 0.272. The highest BCUT2D eigenvalue weighted by Gasteiger charge is 2.16. The molecule has 1 unspecified atom stereocenters. The molecule has 0 fully saturated rings. The highest BCUT2D eigenvalue weighted by atomic mass is 16.5. The Bertz CT molecular complexity index is 440. The van der Waals surface area contributed by atoms with Gasteiger partial charge in [-0.3, -0.25) is 4.79 Å². The molecule has 1 aromatic rings. The van der Waals surface area contributed by atoms with Crippen LogP contribution in [0.5, 0.6) is 0 Å². The zero-order chi connectivity index (χ0) is 13.0. The summed E-state index contributed by atoms with van der Waals surface area (Å²) in [5, 5.41) is 2.58. The van der Waals surface area contributed by atoms with Gasteiger partial charge in [0.15, 0.2) is 0 Å². The maximum Gasteiger partial charge on any atom is 0.328 e. The van der Waals surface area contributed by atoms with Gasteiger partial charge in [-0.15, -0.1) is 0 Å². The summed E-state index contributed by atoms with van der Waals surface area (Å²) < 4.78 is 4.54. The van der Waals surface area contributed by atoms with Crippen LogP contribution in [0, 0.1) is 13.8 Å². The number of ether oxygens (including phenoxy) is 1. The van der Waals surface area contributed by atoms with Crippen LogP contribution >= 0.6 is 0 Å². The summed E-state index contributed by atoms with van der Waals surface area (Å²) in [5.74, 6) is -0.729. The van der Waals surface area contributed by atoms with Crippen molar-refractivity contribution < 1.29 is 14.3 Å².